The van der Waals surface area contributed by atoms with Crippen molar-refractivity contribution < 1.29 is 23.9 Å². The molecular formula is C22H21N5O5. The van der Waals surface area contributed by atoms with E-state index >= 15 is 0 Å². The van der Waals surface area contributed by atoms with Crippen molar-refractivity contribution in [1.82, 2.24) is 15.5 Å². The average molecular weight is 435 g/mol. The lowest BCUT2D eigenvalue weighted by Gasteiger charge is -2.28. The van der Waals surface area contributed by atoms with E-state index in [1.54, 1.807) is 59.5 Å². The first kappa shape index (κ1) is 21.2. The first-order chi connectivity index (χ1) is 15.6. The maximum absolute atomic E-state index is 12.4. The average Bonchev–Trinajstić information content (AvgIpc) is 3.23. The summed E-state index contributed by atoms with van der Waals surface area (Å²) in [5.74, 6) is -1.13. The number of nitrogens with zero attached hydrogens (tertiary/aromatic N) is 3. The molecule has 2 N–H and O–H groups in total. The molecule has 2 aromatic rings. The van der Waals surface area contributed by atoms with E-state index in [0.29, 0.717) is 11.1 Å². The molecule has 10 nitrogen and oxygen atoms in total. The first-order valence-corrected chi connectivity index (χ1v) is 9.96. The number of nitrogens with one attached hydrogen (secondary N) is 2. The Bertz CT molecular complexity index is 1040. The van der Waals surface area contributed by atoms with Gasteiger partial charge >= 0.3 is 5.97 Å². The summed E-state index contributed by atoms with van der Waals surface area (Å²) < 4.78 is 10.7. The molecule has 0 radical (unpaired) electrons. The van der Waals surface area contributed by atoms with Gasteiger partial charge < -0.3 is 14.4 Å². The fraction of sp³-hybridized carbons (Fsp3) is 0.227. The quantitative estimate of drug-likeness (QED) is 0.490. The normalized spacial score (nSPS) is 19.1. The number of hydrogen-bond acceptors (Lipinski definition) is 8. The van der Waals surface area contributed by atoms with Crippen LogP contribution < -0.4 is 10.6 Å². The highest BCUT2D eigenvalue weighted by Crippen LogP contribution is 2.18. The van der Waals surface area contributed by atoms with E-state index in [9.17, 15) is 14.4 Å². The highest BCUT2D eigenvalue weighted by Gasteiger charge is 2.40. The number of rotatable bonds is 7. The minimum absolute atomic E-state index is 0.0531. The molecule has 2 aromatic carbocycles. The highest BCUT2D eigenvalue weighted by molar-refractivity contribution is 6.12. The summed E-state index contributed by atoms with van der Waals surface area (Å²) in [4.78, 5) is 46.8. The van der Waals surface area contributed by atoms with Gasteiger partial charge in [-0.1, -0.05) is 36.4 Å². The molecule has 0 spiro atoms. The second-order valence-electron chi connectivity index (χ2n) is 6.96. The van der Waals surface area contributed by atoms with Crippen LogP contribution >= 0.6 is 0 Å². The SMILES string of the molecule is O=C(NC1=NC2C(N=CN2COCCOC(=O)c2ccccc2)C(=O)N1)c1ccccc1. The van der Waals surface area contributed by atoms with Crippen molar-refractivity contribution in [3.8, 4) is 0 Å². The van der Waals surface area contributed by atoms with Gasteiger partial charge in [0.2, 0.25) is 5.96 Å². The number of carbonyl (C=O) groups excluding carboxylic acids is 3. The van der Waals surface area contributed by atoms with Gasteiger partial charge in [-0.3, -0.25) is 25.2 Å². The van der Waals surface area contributed by atoms with Crippen LogP contribution in [0.2, 0.25) is 0 Å². The molecule has 0 aliphatic carbocycles. The van der Waals surface area contributed by atoms with E-state index in [2.05, 4.69) is 20.6 Å². The lowest BCUT2D eigenvalue weighted by Crippen LogP contribution is -2.56. The molecule has 2 heterocycles. The van der Waals surface area contributed by atoms with E-state index in [4.69, 9.17) is 9.47 Å². The molecule has 2 aliphatic heterocycles. The number of aliphatic imine (C=N–C) groups is 2. The number of fused-ring (bicyclic) bond motifs is 1. The Balaban J connectivity index is 1.27. The molecule has 2 aliphatic rings. The lowest BCUT2D eigenvalue weighted by atomic mass is 10.2. The summed E-state index contributed by atoms with van der Waals surface area (Å²) in [6.07, 6.45) is 0.845. The van der Waals surface area contributed by atoms with Gasteiger partial charge in [0.25, 0.3) is 11.8 Å². The summed E-state index contributed by atoms with van der Waals surface area (Å²) in [6.45, 7) is 0.326. The van der Waals surface area contributed by atoms with Crippen LogP contribution in [0.5, 0.6) is 0 Å². The third-order valence-corrected chi connectivity index (χ3v) is 4.75. The largest absolute Gasteiger partial charge is 0.460 e. The van der Waals surface area contributed by atoms with Crippen molar-refractivity contribution >= 4 is 30.1 Å². The molecule has 2 amide bonds. The Morgan fingerprint density at radius 3 is 2.41 bits per heavy atom. The Labute approximate surface area is 183 Å². The van der Waals surface area contributed by atoms with Crippen LogP contribution in [0, 0.1) is 0 Å². The molecule has 0 saturated heterocycles. The monoisotopic (exact) mass is 435 g/mol. The molecule has 32 heavy (non-hydrogen) atoms. The van der Waals surface area contributed by atoms with Crippen LogP contribution in [0.15, 0.2) is 70.6 Å². The van der Waals surface area contributed by atoms with Crippen LogP contribution in [0.3, 0.4) is 0 Å². The molecule has 4 rings (SSSR count). The van der Waals surface area contributed by atoms with Gasteiger partial charge in [0, 0.05) is 5.56 Å². The Morgan fingerprint density at radius 2 is 1.69 bits per heavy atom. The molecule has 0 bridgehead atoms. The van der Waals surface area contributed by atoms with E-state index in [1.165, 1.54) is 6.34 Å². The van der Waals surface area contributed by atoms with E-state index < -0.39 is 18.2 Å². The van der Waals surface area contributed by atoms with Crippen LogP contribution in [0.25, 0.3) is 0 Å². The predicted molar refractivity (Wildman–Crippen MR) is 115 cm³/mol. The molecule has 10 heteroatoms. The van der Waals surface area contributed by atoms with Crippen molar-refractivity contribution in [2.24, 2.45) is 9.98 Å². The maximum atomic E-state index is 12.4. The molecule has 164 valence electrons. The summed E-state index contributed by atoms with van der Waals surface area (Å²) >= 11 is 0. The minimum atomic E-state index is -0.730. The van der Waals surface area contributed by atoms with Crippen LogP contribution in [0.1, 0.15) is 20.7 Å². The summed E-state index contributed by atoms with van der Waals surface area (Å²) in [6, 6.07) is 16.6. The first-order valence-electron chi connectivity index (χ1n) is 9.96. The van der Waals surface area contributed by atoms with Gasteiger partial charge in [-0.15, -0.1) is 0 Å². The van der Waals surface area contributed by atoms with Crippen LogP contribution in [-0.4, -0.2) is 67.1 Å². The topological polar surface area (TPSA) is 122 Å². The molecule has 2 atom stereocenters. The Hall–Kier alpha value is -4.05. The van der Waals surface area contributed by atoms with Crippen molar-refractivity contribution in [2.75, 3.05) is 19.9 Å². The maximum Gasteiger partial charge on any atom is 0.338 e. The fourth-order valence-corrected chi connectivity index (χ4v) is 3.15. The number of benzene rings is 2. The summed E-state index contributed by atoms with van der Waals surface area (Å²) in [5, 5.41) is 5.16. The van der Waals surface area contributed by atoms with Crippen molar-refractivity contribution in [3.63, 3.8) is 0 Å². The van der Waals surface area contributed by atoms with E-state index in [-0.39, 0.29) is 37.7 Å². The van der Waals surface area contributed by atoms with Crippen LogP contribution in [-0.2, 0) is 14.3 Å². The van der Waals surface area contributed by atoms with Gasteiger partial charge in [-0.2, -0.15) is 0 Å². The summed E-state index contributed by atoms with van der Waals surface area (Å²) in [7, 11) is 0. The second kappa shape index (κ2) is 9.84. The van der Waals surface area contributed by atoms with Gasteiger partial charge in [0.15, 0.2) is 12.2 Å². The van der Waals surface area contributed by atoms with Crippen LogP contribution in [0.4, 0.5) is 0 Å². The number of hydrogen-bond donors (Lipinski definition) is 2. The van der Waals surface area contributed by atoms with Gasteiger partial charge in [-0.25, -0.2) is 9.79 Å². The van der Waals surface area contributed by atoms with E-state index in [0.717, 1.165) is 0 Å². The fourth-order valence-electron chi connectivity index (χ4n) is 3.15. The third kappa shape index (κ3) is 4.98. The lowest BCUT2D eigenvalue weighted by molar-refractivity contribution is -0.122. The smallest absolute Gasteiger partial charge is 0.338 e. The zero-order valence-corrected chi connectivity index (χ0v) is 17.0. The van der Waals surface area contributed by atoms with Gasteiger partial charge in [0.05, 0.1) is 18.5 Å². The second-order valence-corrected chi connectivity index (χ2v) is 6.96. The predicted octanol–water partition coefficient (Wildman–Crippen LogP) is 0.772. The number of ether oxygens (including phenoxy) is 2. The van der Waals surface area contributed by atoms with Crippen molar-refractivity contribution in [3.05, 3.63) is 71.8 Å². The molecule has 0 saturated carbocycles. The van der Waals surface area contributed by atoms with Gasteiger partial charge in [0.1, 0.15) is 13.3 Å². The Morgan fingerprint density at radius 1 is 1.00 bits per heavy atom. The molecule has 0 aromatic heterocycles. The number of carbonyl (C=O) groups is 3. The zero-order chi connectivity index (χ0) is 22.3. The van der Waals surface area contributed by atoms with Crippen molar-refractivity contribution in [1.29, 1.82) is 0 Å². The standard InChI is InChI=1S/C22H21N5O5/c28-19(15-7-3-1-4-8-15)25-22-24-18-17(20(29)26-22)23-13-27(18)14-31-11-12-32-21(30)16-9-5-2-6-10-16/h1-10,13,17-18H,11-12,14H2,(H2,24,25,26,28,29). The molecular weight excluding hydrogens is 414 g/mol. The summed E-state index contributed by atoms with van der Waals surface area (Å²) in [5.41, 5.74) is 0.911. The minimum Gasteiger partial charge on any atom is -0.460 e. The third-order valence-electron chi connectivity index (χ3n) is 4.75. The van der Waals surface area contributed by atoms with E-state index in [1.807, 2.05) is 6.07 Å². The number of esters is 1. The number of guanidine groups is 1. The molecule has 0 fully saturated rings. The highest BCUT2D eigenvalue weighted by atomic mass is 16.6. The zero-order valence-electron chi connectivity index (χ0n) is 17.0. The molecule has 2 unspecified atom stereocenters. The Kier molecular flexibility index (Phi) is 6.52. The number of amides is 2. The van der Waals surface area contributed by atoms with Crippen molar-refractivity contribution in [2.45, 2.75) is 12.2 Å². The van der Waals surface area contributed by atoms with Gasteiger partial charge in [-0.05, 0) is 24.3 Å².